The fourth-order valence-electron chi connectivity index (χ4n) is 4.58. The molecule has 0 amide bonds. The van der Waals surface area contributed by atoms with Crippen LogP contribution in [0.1, 0.15) is 34.4 Å². The summed E-state index contributed by atoms with van der Waals surface area (Å²) in [5.74, 6) is 2.79. The molecule has 0 spiro atoms. The third-order valence-corrected chi connectivity index (χ3v) is 6.26. The van der Waals surface area contributed by atoms with Crippen molar-refractivity contribution in [2.75, 3.05) is 20.8 Å². The van der Waals surface area contributed by atoms with Gasteiger partial charge in [0.1, 0.15) is 37.0 Å². The molecule has 0 unspecified atom stereocenters. The van der Waals surface area contributed by atoms with Gasteiger partial charge in [-0.25, -0.2) is 9.98 Å². The number of ether oxygens (including phenoxy) is 3. The average molecular weight is 457 g/mol. The quantitative estimate of drug-likeness (QED) is 0.402. The Morgan fingerprint density at radius 1 is 1.12 bits per heavy atom. The number of aryl methyl sites for hydroxylation is 1. The van der Waals surface area contributed by atoms with E-state index in [0.29, 0.717) is 25.7 Å². The Morgan fingerprint density at radius 3 is 2.85 bits per heavy atom. The summed E-state index contributed by atoms with van der Waals surface area (Å²) in [5, 5.41) is 8.87. The molecular weight excluding hydrogens is 432 g/mol. The number of nitrogens with zero attached hydrogens (tertiary/aromatic N) is 6. The topological polar surface area (TPSA) is 88.6 Å². The zero-order valence-electron chi connectivity index (χ0n) is 19.2. The fourth-order valence-corrected chi connectivity index (χ4v) is 4.58. The number of imidazole rings is 1. The Labute approximate surface area is 196 Å². The van der Waals surface area contributed by atoms with Crippen LogP contribution in [-0.4, -0.2) is 51.0 Å². The summed E-state index contributed by atoms with van der Waals surface area (Å²) in [5.41, 5.74) is 5.87. The minimum atomic E-state index is -0.0518. The van der Waals surface area contributed by atoms with E-state index in [2.05, 4.69) is 50.5 Å². The molecule has 0 radical (unpaired) electrons. The smallest absolute Gasteiger partial charge is 0.238 e. The molecule has 1 atom stereocenters. The van der Waals surface area contributed by atoms with Crippen LogP contribution < -0.4 is 4.74 Å². The van der Waals surface area contributed by atoms with Crippen molar-refractivity contribution in [3.63, 3.8) is 0 Å². The minimum Gasteiger partial charge on any atom is -0.497 e. The predicted molar refractivity (Wildman–Crippen MR) is 125 cm³/mol. The highest BCUT2D eigenvalue weighted by Crippen LogP contribution is 2.36. The lowest BCUT2D eigenvalue weighted by molar-refractivity contribution is 0.174. The Bertz CT molecular complexity index is 1420. The lowest BCUT2D eigenvalue weighted by Crippen LogP contribution is -2.13. The molecule has 4 aromatic rings. The van der Waals surface area contributed by atoms with Crippen LogP contribution in [0, 0.1) is 6.92 Å². The molecule has 4 heterocycles. The van der Waals surface area contributed by atoms with E-state index in [-0.39, 0.29) is 6.04 Å². The van der Waals surface area contributed by atoms with E-state index in [1.165, 1.54) is 5.56 Å². The predicted octanol–water partition coefficient (Wildman–Crippen LogP) is 3.47. The summed E-state index contributed by atoms with van der Waals surface area (Å²) in [6.45, 7) is 3.43. The molecular formula is C25H24N6O3. The highest BCUT2D eigenvalue weighted by atomic mass is 16.5. The van der Waals surface area contributed by atoms with Crippen LogP contribution in [0.4, 0.5) is 0 Å². The number of hydrogen-bond acceptors (Lipinski definition) is 7. The van der Waals surface area contributed by atoms with Gasteiger partial charge in [0.15, 0.2) is 11.6 Å². The van der Waals surface area contributed by atoms with Crippen molar-refractivity contribution in [3.8, 4) is 22.8 Å². The van der Waals surface area contributed by atoms with Gasteiger partial charge in [0, 0.05) is 12.7 Å². The first-order chi connectivity index (χ1) is 16.7. The summed E-state index contributed by atoms with van der Waals surface area (Å²) < 4.78 is 21.1. The molecule has 2 aromatic carbocycles. The van der Waals surface area contributed by atoms with Crippen molar-refractivity contribution in [2.24, 2.45) is 4.99 Å². The molecule has 172 valence electrons. The molecule has 0 saturated heterocycles. The molecule has 0 bridgehead atoms. The Kier molecular flexibility index (Phi) is 4.91. The number of benzene rings is 2. The van der Waals surface area contributed by atoms with Crippen molar-refractivity contribution in [3.05, 3.63) is 77.1 Å². The maximum absolute atomic E-state index is 6.07. The average Bonchev–Trinajstić information content (AvgIpc) is 3.57. The number of aromatic nitrogens is 5. The molecule has 0 aliphatic carbocycles. The summed E-state index contributed by atoms with van der Waals surface area (Å²) in [7, 11) is 3.30. The fraction of sp³-hybridized carbons (Fsp3) is 0.280. The second kappa shape index (κ2) is 8.11. The van der Waals surface area contributed by atoms with Gasteiger partial charge in [-0.3, -0.25) is 4.57 Å². The first kappa shape index (κ1) is 20.6. The van der Waals surface area contributed by atoms with Crippen molar-refractivity contribution >= 4 is 5.90 Å². The van der Waals surface area contributed by atoms with Gasteiger partial charge in [-0.2, -0.15) is 0 Å². The molecule has 9 heteroatoms. The molecule has 0 fully saturated rings. The molecule has 2 aliphatic rings. The first-order valence-electron chi connectivity index (χ1n) is 11.1. The molecule has 2 aromatic heterocycles. The van der Waals surface area contributed by atoms with Gasteiger partial charge in [0.25, 0.3) is 0 Å². The SMILES string of the molecule is COCc1nnc2n1Cc1c(C3=N[C@@H](c4cccc(C)c4)CO3)ncn1-c1ccc(OC)cc1-2. The highest BCUT2D eigenvalue weighted by Gasteiger charge is 2.31. The van der Waals surface area contributed by atoms with E-state index < -0.39 is 0 Å². The van der Waals surface area contributed by atoms with Crippen molar-refractivity contribution in [1.29, 1.82) is 0 Å². The van der Waals surface area contributed by atoms with Crippen molar-refractivity contribution in [1.82, 2.24) is 24.3 Å². The van der Waals surface area contributed by atoms with E-state index >= 15 is 0 Å². The van der Waals surface area contributed by atoms with Gasteiger partial charge in [0.2, 0.25) is 5.90 Å². The van der Waals surface area contributed by atoms with Crippen LogP contribution in [0.2, 0.25) is 0 Å². The van der Waals surface area contributed by atoms with E-state index in [9.17, 15) is 0 Å². The van der Waals surface area contributed by atoms with Gasteiger partial charge in [-0.05, 0) is 30.7 Å². The van der Waals surface area contributed by atoms with Crippen LogP contribution in [0.25, 0.3) is 17.1 Å². The Morgan fingerprint density at radius 2 is 2.03 bits per heavy atom. The van der Waals surface area contributed by atoms with Crippen LogP contribution in [0.5, 0.6) is 5.75 Å². The van der Waals surface area contributed by atoms with E-state index in [0.717, 1.165) is 45.6 Å². The maximum Gasteiger partial charge on any atom is 0.238 e. The molecule has 34 heavy (non-hydrogen) atoms. The Balaban J connectivity index is 1.48. The molecule has 9 nitrogen and oxygen atoms in total. The number of hydrogen-bond donors (Lipinski definition) is 0. The van der Waals surface area contributed by atoms with Crippen LogP contribution in [0.3, 0.4) is 0 Å². The van der Waals surface area contributed by atoms with Gasteiger partial charge >= 0.3 is 0 Å². The van der Waals surface area contributed by atoms with E-state index in [1.54, 1.807) is 14.2 Å². The number of aliphatic imine (C=N–C) groups is 1. The molecule has 6 rings (SSSR count). The summed E-state index contributed by atoms with van der Waals surface area (Å²) in [6.07, 6.45) is 1.82. The van der Waals surface area contributed by atoms with Gasteiger partial charge < -0.3 is 18.8 Å². The standard InChI is InChI=1S/C25H24N6O3/c1-15-5-4-6-16(9-15)19-12-34-25(27-19)23-21-11-30-22(13-32-2)28-29-24(30)18-10-17(33-3)7-8-20(18)31(21)14-26-23/h4-10,14,19H,11-13H2,1-3H3/t19-/m1/s1. The van der Waals surface area contributed by atoms with Crippen LogP contribution in [-0.2, 0) is 22.6 Å². The third kappa shape index (κ3) is 3.28. The number of fused-ring (bicyclic) bond motifs is 5. The number of rotatable bonds is 5. The largest absolute Gasteiger partial charge is 0.497 e. The molecule has 2 aliphatic heterocycles. The summed E-state index contributed by atoms with van der Waals surface area (Å²) >= 11 is 0. The zero-order valence-corrected chi connectivity index (χ0v) is 19.2. The summed E-state index contributed by atoms with van der Waals surface area (Å²) in [4.78, 5) is 9.63. The van der Waals surface area contributed by atoms with E-state index in [4.69, 9.17) is 24.2 Å². The minimum absolute atomic E-state index is 0.0518. The maximum atomic E-state index is 6.07. The van der Waals surface area contributed by atoms with Crippen molar-refractivity contribution in [2.45, 2.75) is 26.1 Å². The molecule has 0 saturated carbocycles. The van der Waals surface area contributed by atoms with Gasteiger partial charge in [0.05, 0.1) is 25.0 Å². The van der Waals surface area contributed by atoms with Gasteiger partial charge in [-0.15, -0.1) is 10.2 Å². The first-order valence-corrected chi connectivity index (χ1v) is 11.1. The zero-order chi connectivity index (χ0) is 23.2. The Hall–Kier alpha value is -3.98. The summed E-state index contributed by atoms with van der Waals surface area (Å²) in [6, 6.07) is 14.2. The lowest BCUT2D eigenvalue weighted by atomic mass is 10.1. The van der Waals surface area contributed by atoms with Gasteiger partial charge in [-0.1, -0.05) is 29.8 Å². The third-order valence-electron chi connectivity index (χ3n) is 6.26. The van der Waals surface area contributed by atoms with E-state index in [1.807, 2.05) is 24.5 Å². The van der Waals surface area contributed by atoms with Crippen LogP contribution in [0.15, 0.2) is 53.8 Å². The second-order valence-corrected chi connectivity index (χ2v) is 8.43. The highest BCUT2D eigenvalue weighted by molar-refractivity contribution is 5.95. The number of methoxy groups -OCH3 is 2. The normalized spacial score (nSPS) is 16.2. The van der Waals surface area contributed by atoms with Crippen LogP contribution >= 0.6 is 0 Å². The lowest BCUT2D eigenvalue weighted by Gasteiger charge is -2.10. The monoisotopic (exact) mass is 456 g/mol. The van der Waals surface area contributed by atoms with Crippen molar-refractivity contribution < 1.29 is 14.2 Å². The molecule has 0 N–H and O–H groups in total. The second-order valence-electron chi connectivity index (χ2n) is 8.43.